The maximum absolute atomic E-state index is 2.32. The Kier molecular flexibility index (Phi) is 5.38. The van der Waals surface area contributed by atoms with Gasteiger partial charge in [0, 0.05) is 9.75 Å². The van der Waals surface area contributed by atoms with Gasteiger partial charge in [0.25, 0.3) is 0 Å². The van der Waals surface area contributed by atoms with Crippen molar-refractivity contribution in [1.29, 1.82) is 0 Å². The van der Waals surface area contributed by atoms with Crippen molar-refractivity contribution in [3.05, 3.63) is 21.9 Å². The number of thiophene rings is 1. The van der Waals surface area contributed by atoms with Crippen LogP contribution in [0.4, 0.5) is 0 Å². The molecule has 0 fully saturated rings. The molecule has 0 aliphatic carbocycles. The predicted molar refractivity (Wildman–Crippen MR) is 70.6 cm³/mol. The topological polar surface area (TPSA) is 0 Å². The second-order valence-electron chi connectivity index (χ2n) is 5.23. The molecule has 0 radical (unpaired) electrons. The van der Waals surface area contributed by atoms with E-state index in [0.29, 0.717) is 0 Å². The standard InChI is InChI=1S/C14H24S/c1-11(2)5-7-13-9-10-14(15-13)8-6-12(3)4/h9-12H,5-8H2,1-4H3. The fraction of sp³-hybridized carbons (Fsp3) is 0.714. The Balaban J connectivity index is 2.35. The van der Waals surface area contributed by atoms with E-state index in [1.165, 1.54) is 25.7 Å². The molecule has 0 spiro atoms. The van der Waals surface area contributed by atoms with Crippen LogP contribution >= 0.6 is 11.3 Å². The van der Waals surface area contributed by atoms with E-state index in [1.54, 1.807) is 9.75 Å². The highest BCUT2D eigenvalue weighted by Crippen LogP contribution is 2.21. The van der Waals surface area contributed by atoms with Gasteiger partial charge in [-0.25, -0.2) is 0 Å². The van der Waals surface area contributed by atoms with Crippen LogP contribution in [-0.2, 0) is 12.8 Å². The van der Waals surface area contributed by atoms with Gasteiger partial charge < -0.3 is 0 Å². The van der Waals surface area contributed by atoms with Crippen molar-refractivity contribution in [2.45, 2.75) is 53.4 Å². The second-order valence-corrected chi connectivity index (χ2v) is 6.49. The molecule has 0 N–H and O–H groups in total. The zero-order chi connectivity index (χ0) is 11.3. The van der Waals surface area contributed by atoms with E-state index < -0.39 is 0 Å². The molecule has 0 aromatic carbocycles. The Bertz CT molecular complexity index is 244. The van der Waals surface area contributed by atoms with Crippen LogP contribution < -0.4 is 0 Å². The molecule has 1 aromatic heterocycles. The first-order valence-corrected chi connectivity index (χ1v) is 6.97. The maximum Gasteiger partial charge on any atom is 0.00482 e. The fourth-order valence-corrected chi connectivity index (χ4v) is 2.60. The molecule has 1 heterocycles. The predicted octanol–water partition coefficient (Wildman–Crippen LogP) is 4.93. The maximum atomic E-state index is 2.32. The lowest BCUT2D eigenvalue weighted by Gasteiger charge is -2.02. The molecule has 15 heavy (non-hydrogen) atoms. The van der Waals surface area contributed by atoms with Crippen LogP contribution in [0, 0.1) is 11.8 Å². The number of hydrogen-bond acceptors (Lipinski definition) is 1. The van der Waals surface area contributed by atoms with Crippen LogP contribution in [-0.4, -0.2) is 0 Å². The molecule has 1 rings (SSSR count). The van der Waals surface area contributed by atoms with Gasteiger partial charge in [-0.1, -0.05) is 27.7 Å². The van der Waals surface area contributed by atoms with Gasteiger partial charge in [-0.15, -0.1) is 11.3 Å². The first-order chi connectivity index (χ1) is 7.08. The average Bonchev–Trinajstić information content (AvgIpc) is 2.59. The quantitative estimate of drug-likeness (QED) is 0.643. The third-order valence-electron chi connectivity index (χ3n) is 2.65. The third-order valence-corrected chi connectivity index (χ3v) is 3.86. The Hall–Kier alpha value is -0.300. The first-order valence-electron chi connectivity index (χ1n) is 6.15. The number of rotatable bonds is 6. The highest BCUT2D eigenvalue weighted by Gasteiger charge is 2.03. The zero-order valence-corrected chi connectivity index (χ0v) is 11.4. The molecule has 0 amide bonds. The van der Waals surface area contributed by atoms with Crippen molar-refractivity contribution < 1.29 is 0 Å². The summed E-state index contributed by atoms with van der Waals surface area (Å²) in [7, 11) is 0. The van der Waals surface area contributed by atoms with E-state index in [9.17, 15) is 0 Å². The molecule has 1 aromatic rings. The molecule has 0 bridgehead atoms. The van der Waals surface area contributed by atoms with Crippen LogP contribution in [0.5, 0.6) is 0 Å². The van der Waals surface area contributed by atoms with Crippen LogP contribution in [0.3, 0.4) is 0 Å². The molecule has 86 valence electrons. The van der Waals surface area contributed by atoms with Gasteiger partial charge in [0.15, 0.2) is 0 Å². The van der Waals surface area contributed by atoms with Gasteiger partial charge in [0.1, 0.15) is 0 Å². The van der Waals surface area contributed by atoms with E-state index in [4.69, 9.17) is 0 Å². The van der Waals surface area contributed by atoms with Gasteiger partial charge >= 0.3 is 0 Å². The lowest BCUT2D eigenvalue weighted by Crippen LogP contribution is -1.89. The van der Waals surface area contributed by atoms with Crippen molar-refractivity contribution in [3.8, 4) is 0 Å². The molecular weight excluding hydrogens is 200 g/mol. The summed E-state index contributed by atoms with van der Waals surface area (Å²) in [4.78, 5) is 3.14. The lowest BCUT2D eigenvalue weighted by molar-refractivity contribution is 0.589. The highest BCUT2D eigenvalue weighted by molar-refractivity contribution is 7.11. The van der Waals surface area contributed by atoms with Crippen molar-refractivity contribution in [1.82, 2.24) is 0 Å². The summed E-state index contributed by atoms with van der Waals surface area (Å²) in [6.45, 7) is 9.20. The summed E-state index contributed by atoms with van der Waals surface area (Å²) in [6, 6.07) is 4.64. The molecule has 1 heteroatoms. The largest absolute Gasteiger partial charge is 0.145 e. The monoisotopic (exact) mass is 224 g/mol. The summed E-state index contributed by atoms with van der Waals surface area (Å²) in [5, 5.41) is 0. The van der Waals surface area contributed by atoms with E-state index in [0.717, 1.165) is 11.8 Å². The Labute approximate surface area is 98.7 Å². The van der Waals surface area contributed by atoms with Crippen LogP contribution in [0.15, 0.2) is 12.1 Å². The first kappa shape index (κ1) is 12.8. The van der Waals surface area contributed by atoms with Crippen LogP contribution in [0.1, 0.15) is 50.3 Å². The normalized spacial score (nSPS) is 11.6. The minimum absolute atomic E-state index is 0.825. The van der Waals surface area contributed by atoms with Gasteiger partial charge in [-0.3, -0.25) is 0 Å². The van der Waals surface area contributed by atoms with E-state index >= 15 is 0 Å². The van der Waals surface area contributed by atoms with Crippen LogP contribution in [0.25, 0.3) is 0 Å². The van der Waals surface area contributed by atoms with Gasteiger partial charge in [-0.2, -0.15) is 0 Å². The summed E-state index contributed by atoms with van der Waals surface area (Å²) >= 11 is 2.02. The van der Waals surface area contributed by atoms with Gasteiger partial charge in [0.05, 0.1) is 0 Å². The molecule has 0 nitrogen and oxygen atoms in total. The molecule has 0 aliphatic rings. The molecule has 0 saturated heterocycles. The van der Waals surface area contributed by atoms with Crippen molar-refractivity contribution in [2.24, 2.45) is 11.8 Å². The van der Waals surface area contributed by atoms with Crippen LogP contribution in [0.2, 0.25) is 0 Å². The van der Waals surface area contributed by atoms with Crippen molar-refractivity contribution in [2.75, 3.05) is 0 Å². The lowest BCUT2D eigenvalue weighted by atomic mass is 10.1. The van der Waals surface area contributed by atoms with Gasteiger partial charge in [-0.05, 0) is 49.7 Å². The summed E-state index contributed by atoms with van der Waals surface area (Å²) < 4.78 is 0. The SMILES string of the molecule is CC(C)CCc1ccc(CCC(C)C)s1. The zero-order valence-electron chi connectivity index (χ0n) is 10.5. The summed E-state index contributed by atoms with van der Waals surface area (Å²) in [6.07, 6.45) is 5.18. The highest BCUT2D eigenvalue weighted by atomic mass is 32.1. The van der Waals surface area contributed by atoms with Crippen molar-refractivity contribution >= 4 is 11.3 Å². The molecule has 0 saturated carbocycles. The van der Waals surface area contributed by atoms with E-state index in [-0.39, 0.29) is 0 Å². The molecular formula is C14H24S. The molecule has 0 aliphatic heterocycles. The van der Waals surface area contributed by atoms with Gasteiger partial charge in [0.2, 0.25) is 0 Å². The van der Waals surface area contributed by atoms with E-state index in [2.05, 4.69) is 39.8 Å². The Morgan fingerprint density at radius 1 is 0.867 bits per heavy atom. The molecule has 0 atom stereocenters. The minimum atomic E-state index is 0.825. The molecule has 0 unspecified atom stereocenters. The van der Waals surface area contributed by atoms with E-state index in [1.807, 2.05) is 11.3 Å². The number of aryl methyl sites for hydroxylation is 2. The third kappa shape index (κ3) is 5.36. The minimum Gasteiger partial charge on any atom is -0.145 e. The number of hydrogen-bond donors (Lipinski definition) is 0. The average molecular weight is 224 g/mol. The second kappa shape index (κ2) is 6.32. The van der Waals surface area contributed by atoms with Crippen molar-refractivity contribution in [3.63, 3.8) is 0 Å². The summed E-state index contributed by atoms with van der Waals surface area (Å²) in [5.41, 5.74) is 0. The Morgan fingerprint density at radius 2 is 1.27 bits per heavy atom. The Morgan fingerprint density at radius 3 is 1.60 bits per heavy atom. The fourth-order valence-electron chi connectivity index (χ4n) is 1.55. The smallest absolute Gasteiger partial charge is 0.00482 e. The summed E-state index contributed by atoms with van der Waals surface area (Å²) in [5.74, 6) is 1.65.